The smallest absolute Gasteiger partial charge is 0.246 e. The van der Waals surface area contributed by atoms with Crippen LogP contribution in [0.25, 0.3) is 38.6 Å². The van der Waals surface area contributed by atoms with Crippen LogP contribution in [0.5, 0.6) is 0 Å². The first kappa shape index (κ1) is 37.0. The van der Waals surface area contributed by atoms with Gasteiger partial charge in [0.25, 0.3) is 0 Å². The average Bonchev–Trinajstić information content (AvgIpc) is 3.79. The van der Waals surface area contributed by atoms with E-state index in [2.05, 4.69) is 248 Å². The maximum absolute atomic E-state index is 2.56. The Balaban J connectivity index is 1.09. The Bertz CT molecular complexity index is 3480. The zero-order valence-corrected chi connectivity index (χ0v) is 36.5. The lowest BCUT2D eigenvalue weighted by Crippen LogP contribution is -2.57. The zero-order valence-electron chi connectivity index (χ0n) is 36.5. The molecule has 2 aliphatic heterocycles. The maximum atomic E-state index is 2.56. The van der Waals surface area contributed by atoms with Gasteiger partial charge in [-0.15, -0.1) is 0 Å². The summed E-state index contributed by atoms with van der Waals surface area (Å²) in [5, 5.41) is 2.56. The monoisotopic (exact) mass is 819 g/mol. The minimum atomic E-state index is -0.184. The Morgan fingerprint density at radius 2 is 0.922 bits per heavy atom. The summed E-state index contributed by atoms with van der Waals surface area (Å²) in [5.41, 5.74) is 22.3. The molecule has 0 fully saturated rings. The van der Waals surface area contributed by atoms with Gasteiger partial charge in [-0.25, -0.2) is 0 Å². The molecule has 1 aliphatic carbocycles. The highest BCUT2D eigenvalue weighted by molar-refractivity contribution is 6.98. The number of hydrogen-bond acceptors (Lipinski definition) is 2. The Labute approximate surface area is 375 Å². The van der Waals surface area contributed by atoms with Crippen molar-refractivity contribution in [1.82, 2.24) is 4.57 Å². The van der Waals surface area contributed by atoms with Gasteiger partial charge in [0.05, 0.1) is 22.4 Å². The van der Waals surface area contributed by atoms with Gasteiger partial charge in [0, 0.05) is 50.0 Å². The fourth-order valence-corrected chi connectivity index (χ4v) is 11.9. The second kappa shape index (κ2) is 13.5. The summed E-state index contributed by atoms with van der Waals surface area (Å²) in [6, 6.07) is 77.1. The summed E-state index contributed by atoms with van der Waals surface area (Å²) in [4.78, 5) is 5.02. The van der Waals surface area contributed by atoms with Crippen molar-refractivity contribution in [2.24, 2.45) is 0 Å². The molecule has 4 heteroatoms. The van der Waals surface area contributed by atoms with Crippen LogP contribution in [0.1, 0.15) is 49.9 Å². The average molecular weight is 820 g/mol. The van der Waals surface area contributed by atoms with Crippen LogP contribution in [0, 0.1) is 0 Å². The van der Waals surface area contributed by atoms with Crippen LogP contribution in [0.2, 0.25) is 0 Å². The summed E-state index contributed by atoms with van der Waals surface area (Å²) < 4.78 is 2.56. The van der Waals surface area contributed by atoms with Crippen molar-refractivity contribution in [3.05, 3.63) is 229 Å². The highest BCUT2D eigenvalue weighted by atomic mass is 15.2. The Morgan fingerprint density at radius 3 is 1.62 bits per heavy atom. The number of nitrogens with zero attached hydrogens (tertiary/aromatic N) is 3. The minimum Gasteiger partial charge on any atom is -0.311 e. The maximum Gasteiger partial charge on any atom is 0.246 e. The molecule has 3 aliphatic rings. The van der Waals surface area contributed by atoms with Gasteiger partial charge in [0.1, 0.15) is 0 Å². The van der Waals surface area contributed by atoms with Gasteiger partial charge in [-0.3, -0.25) is 0 Å². The molecule has 0 saturated heterocycles. The molecule has 0 N–H and O–H groups in total. The largest absolute Gasteiger partial charge is 0.311 e. The summed E-state index contributed by atoms with van der Waals surface area (Å²) >= 11 is 0. The van der Waals surface area contributed by atoms with E-state index in [1.165, 1.54) is 94.3 Å². The molecule has 304 valence electrons. The molecule has 0 radical (unpaired) electrons. The molecule has 0 saturated carbocycles. The van der Waals surface area contributed by atoms with E-state index < -0.39 is 0 Å². The third-order valence-electron chi connectivity index (χ3n) is 14.8. The fraction of sp³-hybridized carbons (Fsp3) is 0.100. The first-order valence-electron chi connectivity index (χ1n) is 22.6. The second-order valence-electron chi connectivity index (χ2n) is 18.9. The van der Waals surface area contributed by atoms with Gasteiger partial charge >= 0.3 is 0 Å². The van der Waals surface area contributed by atoms with Crippen LogP contribution in [-0.2, 0) is 10.8 Å². The number of para-hydroxylation sites is 4. The van der Waals surface area contributed by atoms with Crippen LogP contribution >= 0.6 is 0 Å². The van der Waals surface area contributed by atoms with Crippen molar-refractivity contribution in [1.29, 1.82) is 0 Å². The normalized spacial score (nSPS) is 15.0. The van der Waals surface area contributed by atoms with Gasteiger partial charge in [-0.2, -0.15) is 0 Å². The second-order valence-corrected chi connectivity index (χ2v) is 18.9. The third-order valence-corrected chi connectivity index (χ3v) is 14.8. The standard InChI is InChI=1S/C60H46BN3/c1-59(2)48-26-14-17-29-53(48)63(54-30-18-15-27-49(54)59)41-31-35-50-55(37-41)62(40-21-9-6-10-22-40)56-38-42(32-36-51(56)61(50)39-19-7-5-8-20-39)64-52-28-16-12-24-44(52)46-34-33-45-43-23-11-13-25-47(43)60(3,4)57(45)58(46)64/h5-38H,1-4H3. The van der Waals surface area contributed by atoms with Crippen LogP contribution < -0.4 is 26.2 Å². The zero-order chi connectivity index (χ0) is 42.9. The number of hydrogen-bond donors (Lipinski definition) is 0. The summed E-state index contributed by atoms with van der Waals surface area (Å²) in [5.74, 6) is 0. The van der Waals surface area contributed by atoms with E-state index >= 15 is 0 Å². The molecule has 0 atom stereocenters. The number of rotatable bonds is 4. The number of fused-ring (bicyclic) bond motifs is 11. The topological polar surface area (TPSA) is 11.4 Å². The predicted octanol–water partition coefficient (Wildman–Crippen LogP) is 13.5. The SMILES string of the molecule is CC1(C)c2ccccc2N(c2ccc3c(c2)N(c2ccccc2)c2cc(-n4c5ccccc5c5ccc6c(c54)C(C)(C)c4ccccc4-6)ccc2B3c2ccccc2)c2ccccc21. The van der Waals surface area contributed by atoms with Crippen molar-refractivity contribution in [2.45, 2.75) is 38.5 Å². The lowest BCUT2D eigenvalue weighted by Gasteiger charge is -2.43. The summed E-state index contributed by atoms with van der Waals surface area (Å²) in [6.07, 6.45) is 0. The molecule has 9 aromatic carbocycles. The van der Waals surface area contributed by atoms with Gasteiger partial charge in [0.15, 0.2) is 0 Å². The van der Waals surface area contributed by atoms with E-state index in [0.717, 1.165) is 17.1 Å². The van der Waals surface area contributed by atoms with Crippen molar-refractivity contribution in [3.63, 3.8) is 0 Å². The van der Waals surface area contributed by atoms with Gasteiger partial charge in [-0.05, 0) is 98.9 Å². The molecule has 0 bridgehead atoms. The first-order chi connectivity index (χ1) is 31.3. The van der Waals surface area contributed by atoms with E-state index in [4.69, 9.17) is 0 Å². The predicted molar refractivity (Wildman–Crippen MR) is 271 cm³/mol. The third kappa shape index (κ3) is 5.05. The van der Waals surface area contributed by atoms with Crippen molar-refractivity contribution in [2.75, 3.05) is 9.80 Å². The van der Waals surface area contributed by atoms with Crippen molar-refractivity contribution in [3.8, 4) is 16.8 Å². The van der Waals surface area contributed by atoms with E-state index in [1.807, 2.05) is 0 Å². The van der Waals surface area contributed by atoms with E-state index in [-0.39, 0.29) is 17.5 Å². The summed E-state index contributed by atoms with van der Waals surface area (Å²) in [7, 11) is 0. The fourth-order valence-electron chi connectivity index (χ4n) is 11.9. The highest BCUT2D eigenvalue weighted by Gasteiger charge is 2.41. The summed E-state index contributed by atoms with van der Waals surface area (Å²) in [6.45, 7) is 9.54. The number of anilines is 6. The molecule has 10 aromatic rings. The molecular formula is C60H46BN3. The van der Waals surface area contributed by atoms with Crippen LogP contribution in [-0.4, -0.2) is 11.3 Å². The van der Waals surface area contributed by atoms with Crippen molar-refractivity contribution >= 4 is 79.0 Å². The lowest BCUT2D eigenvalue weighted by molar-refractivity contribution is 0.632. The molecule has 0 spiro atoms. The van der Waals surface area contributed by atoms with Crippen LogP contribution in [0.15, 0.2) is 206 Å². The van der Waals surface area contributed by atoms with Gasteiger partial charge in [0.2, 0.25) is 6.71 Å². The van der Waals surface area contributed by atoms with Crippen LogP contribution in [0.3, 0.4) is 0 Å². The molecule has 0 unspecified atom stereocenters. The Kier molecular flexibility index (Phi) is 7.80. The van der Waals surface area contributed by atoms with Crippen LogP contribution in [0.4, 0.5) is 34.1 Å². The Hall–Kier alpha value is -7.56. The Morgan fingerprint density at radius 1 is 0.375 bits per heavy atom. The highest BCUT2D eigenvalue weighted by Crippen LogP contribution is 2.54. The number of aromatic nitrogens is 1. The molecule has 0 amide bonds. The molecule has 3 heterocycles. The molecule has 13 rings (SSSR count). The molecule has 3 nitrogen and oxygen atoms in total. The van der Waals surface area contributed by atoms with E-state index in [9.17, 15) is 0 Å². The lowest BCUT2D eigenvalue weighted by atomic mass is 9.35. The molecule has 64 heavy (non-hydrogen) atoms. The molecular weight excluding hydrogens is 773 g/mol. The van der Waals surface area contributed by atoms with Gasteiger partial charge in [-0.1, -0.05) is 185 Å². The van der Waals surface area contributed by atoms with Crippen molar-refractivity contribution < 1.29 is 0 Å². The molecule has 1 aromatic heterocycles. The quantitative estimate of drug-likeness (QED) is 0.164. The van der Waals surface area contributed by atoms with E-state index in [1.54, 1.807) is 0 Å². The van der Waals surface area contributed by atoms with E-state index in [0.29, 0.717) is 0 Å². The first-order valence-corrected chi connectivity index (χ1v) is 22.6. The number of benzene rings is 9. The minimum absolute atomic E-state index is 0.0185. The van der Waals surface area contributed by atoms with Gasteiger partial charge < -0.3 is 14.4 Å².